The largest absolute Gasteiger partial charge is 0.373 e. The van der Waals surface area contributed by atoms with Crippen molar-refractivity contribution >= 4 is 17.6 Å². The van der Waals surface area contributed by atoms with Crippen molar-refractivity contribution < 1.29 is 22.7 Å². The molecule has 0 aliphatic carbocycles. The van der Waals surface area contributed by atoms with Gasteiger partial charge in [0.05, 0.1) is 17.8 Å². The van der Waals surface area contributed by atoms with E-state index in [1.54, 1.807) is 7.05 Å². The fourth-order valence-corrected chi connectivity index (χ4v) is 2.45. The summed E-state index contributed by atoms with van der Waals surface area (Å²) in [5, 5.41) is 7.98. The molecule has 9 heteroatoms. The monoisotopic (exact) mass is 358 g/mol. The second kappa shape index (κ2) is 8.19. The molecule has 1 amide bonds. The van der Waals surface area contributed by atoms with Crippen LogP contribution in [0.3, 0.4) is 0 Å². The maximum Gasteiger partial charge on any atom is 0.243 e. The van der Waals surface area contributed by atoms with E-state index < -0.39 is 29.0 Å². The van der Waals surface area contributed by atoms with Gasteiger partial charge in [0.1, 0.15) is 0 Å². The summed E-state index contributed by atoms with van der Waals surface area (Å²) < 4.78 is 45.2. The Balaban J connectivity index is 1.83. The van der Waals surface area contributed by atoms with Crippen molar-refractivity contribution in [2.45, 2.75) is 25.4 Å². The molecule has 25 heavy (non-hydrogen) atoms. The molecule has 138 valence electrons. The minimum absolute atomic E-state index is 0.227. The molecule has 1 saturated heterocycles. The predicted molar refractivity (Wildman–Crippen MR) is 87.9 cm³/mol. The maximum atomic E-state index is 13.5. The van der Waals surface area contributed by atoms with E-state index in [9.17, 15) is 18.0 Å². The van der Waals surface area contributed by atoms with Crippen LogP contribution in [0.15, 0.2) is 17.1 Å². The number of hydrogen-bond donors (Lipinski definition) is 3. The average Bonchev–Trinajstić information content (AvgIpc) is 3.02. The minimum atomic E-state index is -1.63. The van der Waals surface area contributed by atoms with Gasteiger partial charge in [0, 0.05) is 20.2 Å². The lowest BCUT2D eigenvalue weighted by atomic mass is 10.0. The van der Waals surface area contributed by atoms with Crippen molar-refractivity contribution in [1.29, 1.82) is 0 Å². The van der Waals surface area contributed by atoms with Gasteiger partial charge < -0.3 is 20.7 Å². The van der Waals surface area contributed by atoms with Crippen LogP contribution in [0.2, 0.25) is 0 Å². The van der Waals surface area contributed by atoms with Crippen LogP contribution in [0.5, 0.6) is 0 Å². The van der Waals surface area contributed by atoms with E-state index in [0.717, 1.165) is 25.0 Å². The van der Waals surface area contributed by atoms with Gasteiger partial charge in [-0.1, -0.05) is 0 Å². The minimum Gasteiger partial charge on any atom is -0.373 e. The van der Waals surface area contributed by atoms with Crippen LogP contribution in [-0.2, 0) is 9.53 Å². The number of carbonyl (C=O) groups is 1. The normalized spacial score (nSPS) is 20.4. The Morgan fingerprint density at radius 2 is 2.04 bits per heavy atom. The Morgan fingerprint density at radius 3 is 2.68 bits per heavy atom. The number of guanidine groups is 1. The summed E-state index contributed by atoms with van der Waals surface area (Å²) in [5.41, 5.74) is -0.713. The smallest absolute Gasteiger partial charge is 0.243 e. The maximum absolute atomic E-state index is 13.5. The molecule has 0 spiro atoms. The van der Waals surface area contributed by atoms with Crippen molar-refractivity contribution in [2.75, 3.05) is 32.1 Å². The number of halogens is 3. The number of rotatable bonds is 5. The highest BCUT2D eigenvalue weighted by Gasteiger charge is 2.29. The first-order valence-electron chi connectivity index (χ1n) is 7.86. The number of benzene rings is 1. The summed E-state index contributed by atoms with van der Waals surface area (Å²) in [4.78, 5) is 15.8. The van der Waals surface area contributed by atoms with Crippen LogP contribution in [0.4, 0.5) is 18.9 Å². The van der Waals surface area contributed by atoms with Gasteiger partial charge in [-0.15, -0.1) is 0 Å². The Bertz CT molecular complexity index is 661. The van der Waals surface area contributed by atoms with Gasteiger partial charge in [0.25, 0.3) is 0 Å². The van der Waals surface area contributed by atoms with E-state index in [1.807, 2.05) is 6.92 Å². The van der Waals surface area contributed by atoms with Crippen LogP contribution in [0.1, 0.15) is 19.8 Å². The lowest BCUT2D eigenvalue weighted by molar-refractivity contribution is -0.115. The molecule has 6 nitrogen and oxygen atoms in total. The SMILES string of the molecule is CN=C(NCC(=O)Nc1ccc(F)c(F)c1F)NCC1(C)CCCO1. The Labute approximate surface area is 143 Å². The summed E-state index contributed by atoms with van der Waals surface area (Å²) in [5.74, 6) is -4.65. The van der Waals surface area contributed by atoms with Crippen LogP contribution in [0.25, 0.3) is 0 Å². The average molecular weight is 358 g/mol. The number of nitrogens with one attached hydrogen (secondary N) is 3. The zero-order valence-electron chi connectivity index (χ0n) is 14.1. The first-order valence-corrected chi connectivity index (χ1v) is 7.86. The van der Waals surface area contributed by atoms with Gasteiger partial charge in [0.2, 0.25) is 5.91 Å². The number of ether oxygens (including phenoxy) is 1. The second-order valence-corrected chi connectivity index (χ2v) is 5.95. The number of anilines is 1. The fourth-order valence-electron chi connectivity index (χ4n) is 2.45. The zero-order chi connectivity index (χ0) is 18.4. The molecule has 1 atom stereocenters. The van der Waals surface area contributed by atoms with Crippen molar-refractivity contribution in [1.82, 2.24) is 10.6 Å². The molecule has 1 aliphatic heterocycles. The molecule has 2 rings (SSSR count). The fraction of sp³-hybridized carbons (Fsp3) is 0.500. The molecule has 1 heterocycles. The summed E-state index contributed by atoms with van der Waals surface area (Å²) in [6.07, 6.45) is 1.92. The molecule has 0 saturated carbocycles. The zero-order valence-corrected chi connectivity index (χ0v) is 14.1. The van der Waals surface area contributed by atoms with E-state index in [1.165, 1.54) is 0 Å². The third kappa shape index (κ3) is 5.09. The van der Waals surface area contributed by atoms with Gasteiger partial charge in [-0.3, -0.25) is 9.79 Å². The van der Waals surface area contributed by atoms with Gasteiger partial charge in [0.15, 0.2) is 23.4 Å². The van der Waals surface area contributed by atoms with E-state index in [0.29, 0.717) is 19.1 Å². The van der Waals surface area contributed by atoms with Crippen LogP contribution in [0, 0.1) is 17.5 Å². The Hall–Kier alpha value is -2.29. The molecule has 1 aromatic carbocycles. The molecule has 1 fully saturated rings. The quantitative estimate of drug-likeness (QED) is 0.426. The summed E-state index contributed by atoms with van der Waals surface area (Å²) >= 11 is 0. The molecule has 1 aliphatic rings. The van der Waals surface area contributed by atoms with Crippen molar-refractivity contribution in [3.63, 3.8) is 0 Å². The number of aliphatic imine (C=N–C) groups is 1. The molecule has 0 aromatic heterocycles. The first-order chi connectivity index (χ1) is 11.8. The number of carbonyl (C=O) groups excluding carboxylic acids is 1. The highest BCUT2D eigenvalue weighted by Crippen LogP contribution is 2.23. The van der Waals surface area contributed by atoms with Gasteiger partial charge >= 0.3 is 0 Å². The lowest BCUT2D eigenvalue weighted by Crippen LogP contribution is -2.47. The first kappa shape index (κ1) is 19.0. The number of nitrogens with zero attached hydrogens (tertiary/aromatic N) is 1. The summed E-state index contributed by atoms with van der Waals surface area (Å²) in [6.45, 7) is 2.99. The molecule has 3 N–H and O–H groups in total. The van der Waals surface area contributed by atoms with Crippen molar-refractivity contribution in [3.05, 3.63) is 29.6 Å². The number of hydrogen-bond acceptors (Lipinski definition) is 3. The molecule has 0 radical (unpaired) electrons. The third-order valence-corrected chi connectivity index (χ3v) is 3.88. The highest BCUT2D eigenvalue weighted by molar-refractivity contribution is 5.95. The summed E-state index contributed by atoms with van der Waals surface area (Å²) in [6, 6.07) is 1.70. The van der Waals surface area contributed by atoms with Crippen molar-refractivity contribution in [3.8, 4) is 0 Å². The molecule has 1 aromatic rings. The van der Waals surface area contributed by atoms with E-state index >= 15 is 0 Å². The second-order valence-electron chi connectivity index (χ2n) is 5.95. The highest BCUT2D eigenvalue weighted by atomic mass is 19.2. The van der Waals surface area contributed by atoms with Crippen LogP contribution >= 0.6 is 0 Å². The lowest BCUT2D eigenvalue weighted by Gasteiger charge is -2.24. The van der Waals surface area contributed by atoms with E-state index in [-0.39, 0.29) is 12.1 Å². The van der Waals surface area contributed by atoms with E-state index in [2.05, 4.69) is 20.9 Å². The van der Waals surface area contributed by atoms with Crippen molar-refractivity contribution in [2.24, 2.45) is 4.99 Å². The predicted octanol–water partition coefficient (Wildman–Crippen LogP) is 1.78. The third-order valence-electron chi connectivity index (χ3n) is 3.88. The van der Waals surface area contributed by atoms with Gasteiger partial charge in [-0.2, -0.15) is 0 Å². The van der Waals surface area contributed by atoms with Gasteiger partial charge in [-0.05, 0) is 31.9 Å². The summed E-state index contributed by atoms with van der Waals surface area (Å²) in [7, 11) is 1.54. The topological polar surface area (TPSA) is 74.8 Å². The van der Waals surface area contributed by atoms with Crippen LogP contribution < -0.4 is 16.0 Å². The molecule has 1 unspecified atom stereocenters. The molecular formula is C16H21F3N4O2. The Morgan fingerprint density at radius 1 is 1.28 bits per heavy atom. The van der Waals surface area contributed by atoms with Crippen LogP contribution in [-0.4, -0.2) is 44.2 Å². The molecular weight excluding hydrogens is 337 g/mol. The van der Waals surface area contributed by atoms with Gasteiger partial charge in [-0.25, -0.2) is 13.2 Å². The van der Waals surface area contributed by atoms with E-state index in [4.69, 9.17) is 4.74 Å². The standard InChI is InChI=1S/C16H21F3N4O2/c1-16(6-3-7-25-16)9-22-15(20-2)21-8-12(24)23-11-5-4-10(17)13(18)14(11)19/h4-5H,3,6-9H2,1-2H3,(H,23,24)(H2,20,21,22). The number of amides is 1. The Kier molecular flexibility index (Phi) is 6.24. The molecule has 0 bridgehead atoms.